The molecule has 0 aliphatic heterocycles. The highest BCUT2D eigenvalue weighted by Crippen LogP contribution is 2.57. The van der Waals surface area contributed by atoms with Crippen molar-refractivity contribution in [2.45, 2.75) is 0 Å². The molecule has 0 aromatic heterocycles. The Bertz CT molecular complexity index is 2760. The van der Waals surface area contributed by atoms with E-state index < -0.39 is 0 Å². The number of rotatable bonds is 1. The van der Waals surface area contributed by atoms with Crippen molar-refractivity contribution in [1.82, 2.24) is 0 Å². The van der Waals surface area contributed by atoms with E-state index in [0.29, 0.717) is 0 Å². The van der Waals surface area contributed by atoms with Gasteiger partial charge in [0, 0.05) is 0 Å². The molecule has 10 aromatic carbocycles. The number of fused-ring (bicyclic) bond motifs is 10. The molecule has 0 amide bonds. The first-order chi connectivity index (χ1) is 20.9. The maximum absolute atomic E-state index is 2.51. The van der Waals surface area contributed by atoms with E-state index in [1.165, 1.54) is 109 Å². The minimum absolute atomic E-state index is 1.26. The Morgan fingerprint density at radius 2 is 0.714 bits per heavy atom. The van der Waals surface area contributed by atoms with E-state index >= 15 is 0 Å². The van der Waals surface area contributed by atoms with Crippen molar-refractivity contribution in [3.05, 3.63) is 133 Å². The summed E-state index contributed by atoms with van der Waals surface area (Å²) in [6.45, 7) is 0. The van der Waals surface area contributed by atoms with E-state index in [-0.39, 0.29) is 0 Å². The monoisotopic (exact) mass is 526 g/mol. The summed E-state index contributed by atoms with van der Waals surface area (Å²) in [6.07, 6.45) is 0. The quantitative estimate of drug-likeness (QED) is 0.147. The van der Waals surface area contributed by atoms with Crippen LogP contribution in [0, 0.1) is 0 Å². The van der Waals surface area contributed by atoms with E-state index in [1.54, 1.807) is 0 Å². The van der Waals surface area contributed by atoms with Crippen LogP contribution in [0.3, 0.4) is 0 Å². The van der Waals surface area contributed by atoms with Gasteiger partial charge in [0.2, 0.25) is 0 Å². The van der Waals surface area contributed by atoms with Gasteiger partial charge in [0.25, 0.3) is 0 Å². The molecule has 0 atom stereocenters. The Kier molecular flexibility index (Phi) is 3.67. The average Bonchev–Trinajstić information content (AvgIpc) is 3.39. The molecule has 0 radical (unpaired) electrons. The zero-order chi connectivity index (χ0) is 27.1. The Morgan fingerprint density at radius 1 is 0.214 bits per heavy atom. The van der Waals surface area contributed by atoms with Crippen molar-refractivity contribution < 1.29 is 0 Å². The van der Waals surface area contributed by atoms with Crippen LogP contribution < -0.4 is 0 Å². The fraction of sp³-hybridized carbons (Fsp3) is 0. The fourth-order valence-electron chi connectivity index (χ4n) is 8.52. The van der Waals surface area contributed by atoms with Crippen LogP contribution in [0.5, 0.6) is 0 Å². The lowest BCUT2D eigenvalue weighted by atomic mass is 9.78. The van der Waals surface area contributed by atoms with Gasteiger partial charge in [-0.25, -0.2) is 0 Å². The normalized spacial score (nSPS) is 12.8. The molecule has 11 rings (SSSR count). The van der Waals surface area contributed by atoms with Crippen molar-refractivity contribution in [3.63, 3.8) is 0 Å². The molecule has 0 unspecified atom stereocenters. The summed E-state index contributed by atoms with van der Waals surface area (Å²) in [5.74, 6) is 0. The van der Waals surface area contributed by atoms with Crippen molar-refractivity contribution in [2.75, 3.05) is 0 Å². The summed E-state index contributed by atoms with van der Waals surface area (Å²) < 4.78 is 0. The lowest BCUT2D eigenvalue weighted by molar-refractivity contribution is 1.67. The summed E-state index contributed by atoms with van der Waals surface area (Å²) in [4.78, 5) is 0. The van der Waals surface area contributed by atoms with Gasteiger partial charge in [-0.2, -0.15) is 0 Å². The molecule has 0 bridgehead atoms. The van der Waals surface area contributed by atoms with Crippen molar-refractivity contribution >= 4 is 75.4 Å². The molecular formula is C42H22. The van der Waals surface area contributed by atoms with Crippen LogP contribution in [0.15, 0.2) is 133 Å². The SMILES string of the molecule is c1ccc(-c2ccc3c4ccc5c6c(cc7c8ccccc8c8c9ccccc9c2c3c8c7c64)-c2ccccc2-5)cc1. The second kappa shape index (κ2) is 7.24. The highest BCUT2D eigenvalue weighted by atomic mass is 14.3. The van der Waals surface area contributed by atoms with Gasteiger partial charge >= 0.3 is 0 Å². The minimum Gasteiger partial charge on any atom is -0.0622 e. The van der Waals surface area contributed by atoms with Crippen molar-refractivity contribution in [1.29, 1.82) is 0 Å². The summed E-state index contributed by atoms with van der Waals surface area (Å²) >= 11 is 0. The first-order valence-electron chi connectivity index (χ1n) is 14.8. The van der Waals surface area contributed by atoms with Gasteiger partial charge in [0.15, 0.2) is 0 Å². The largest absolute Gasteiger partial charge is 0.0622 e. The van der Waals surface area contributed by atoms with Crippen molar-refractivity contribution in [2.24, 2.45) is 0 Å². The Labute approximate surface area is 241 Å². The van der Waals surface area contributed by atoms with E-state index in [2.05, 4.69) is 133 Å². The van der Waals surface area contributed by atoms with Crippen molar-refractivity contribution in [3.8, 4) is 33.4 Å². The number of benzene rings is 10. The van der Waals surface area contributed by atoms with Gasteiger partial charge in [0.05, 0.1) is 0 Å². The zero-order valence-electron chi connectivity index (χ0n) is 22.7. The van der Waals surface area contributed by atoms with Gasteiger partial charge in [-0.1, -0.05) is 127 Å². The molecular weight excluding hydrogens is 504 g/mol. The third kappa shape index (κ3) is 2.32. The number of hydrogen-bond donors (Lipinski definition) is 0. The molecule has 0 fully saturated rings. The first-order valence-corrected chi connectivity index (χ1v) is 14.8. The summed E-state index contributed by atoms with van der Waals surface area (Å²) in [6, 6.07) is 50.1. The third-order valence-corrected chi connectivity index (χ3v) is 10.1. The Balaban J connectivity index is 1.54. The van der Waals surface area contributed by atoms with Crippen LogP contribution in [0.25, 0.3) is 109 Å². The summed E-state index contributed by atoms with van der Waals surface area (Å²) in [5, 5.41) is 19.2. The van der Waals surface area contributed by atoms with Gasteiger partial charge < -0.3 is 0 Å². The predicted octanol–water partition coefficient (Wildman–Crippen LogP) is 11.9. The molecule has 0 saturated carbocycles. The third-order valence-electron chi connectivity index (χ3n) is 10.1. The van der Waals surface area contributed by atoms with E-state index in [4.69, 9.17) is 0 Å². The maximum Gasteiger partial charge on any atom is -0.0000929 e. The molecule has 0 heterocycles. The van der Waals surface area contributed by atoms with Crippen LogP contribution in [0.2, 0.25) is 0 Å². The molecule has 10 aromatic rings. The second-order valence-electron chi connectivity index (χ2n) is 11.9. The van der Waals surface area contributed by atoms with Crippen LogP contribution in [0.4, 0.5) is 0 Å². The van der Waals surface area contributed by atoms with Gasteiger partial charge in [0.1, 0.15) is 0 Å². The fourth-order valence-corrected chi connectivity index (χ4v) is 8.52. The van der Waals surface area contributed by atoms with E-state index in [1.807, 2.05) is 0 Å². The van der Waals surface area contributed by atoms with E-state index in [0.717, 1.165) is 0 Å². The predicted molar refractivity (Wildman–Crippen MR) is 181 cm³/mol. The standard InChI is InChI=1S/C42H22/c1-2-10-23(11-3-1)24-18-19-33-32-21-20-31-25-12-4-5-13-26(25)34-22-35-27-14-6-7-15-28(27)37-30-17-9-8-16-29(30)36(24)40(33)42(37)41(35)39(32)38(31)34/h1-22H. The Morgan fingerprint density at radius 3 is 1.45 bits per heavy atom. The molecule has 0 saturated heterocycles. The molecule has 1 aliphatic rings. The van der Waals surface area contributed by atoms with Crippen LogP contribution in [-0.4, -0.2) is 0 Å². The van der Waals surface area contributed by atoms with Crippen LogP contribution in [-0.2, 0) is 0 Å². The van der Waals surface area contributed by atoms with Crippen LogP contribution in [0.1, 0.15) is 0 Å². The Hall–Kier alpha value is -5.46. The topological polar surface area (TPSA) is 0 Å². The molecule has 0 N–H and O–H groups in total. The van der Waals surface area contributed by atoms with E-state index in [9.17, 15) is 0 Å². The van der Waals surface area contributed by atoms with Gasteiger partial charge in [-0.3, -0.25) is 0 Å². The first kappa shape index (κ1) is 21.3. The minimum atomic E-state index is 1.26. The van der Waals surface area contributed by atoms with Gasteiger partial charge in [-0.15, -0.1) is 0 Å². The average molecular weight is 527 g/mol. The highest BCUT2D eigenvalue weighted by molar-refractivity contribution is 6.51. The molecule has 0 nitrogen and oxygen atoms in total. The summed E-state index contributed by atoms with van der Waals surface area (Å²) in [5.41, 5.74) is 8.01. The maximum atomic E-state index is 2.51. The number of hydrogen-bond acceptors (Lipinski definition) is 0. The molecule has 190 valence electrons. The molecule has 0 heteroatoms. The van der Waals surface area contributed by atoms with Crippen LogP contribution >= 0.6 is 0 Å². The second-order valence-corrected chi connectivity index (χ2v) is 11.9. The molecule has 0 spiro atoms. The summed E-state index contributed by atoms with van der Waals surface area (Å²) in [7, 11) is 0. The van der Waals surface area contributed by atoms with Gasteiger partial charge in [-0.05, 0) is 115 Å². The zero-order valence-corrected chi connectivity index (χ0v) is 22.7. The molecule has 42 heavy (non-hydrogen) atoms. The highest BCUT2D eigenvalue weighted by Gasteiger charge is 2.29. The lowest BCUT2D eigenvalue weighted by Gasteiger charge is -2.24. The molecule has 1 aliphatic carbocycles. The smallest absolute Gasteiger partial charge is 0.0000929 e. The lowest BCUT2D eigenvalue weighted by Crippen LogP contribution is -1.95.